The van der Waals surface area contributed by atoms with E-state index in [1.807, 2.05) is 24.3 Å². The first kappa shape index (κ1) is 20.6. The topological polar surface area (TPSA) is 49.4 Å². The summed E-state index contributed by atoms with van der Waals surface area (Å²) in [5.41, 5.74) is 2.43. The van der Waals surface area contributed by atoms with Crippen LogP contribution in [0.3, 0.4) is 0 Å². The molecule has 0 heterocycles. The number of hydrogen-bond donors (Lipinski definition) is 1. The van der Waals surface area contributed by atoms with Gasteiger partial charge in [-0.25, -0.2) is 4.39 Å². The highest BCUT2D eigenvalue weighted by Crippen LogP contribution is 2.23. The zero-order valence-electron chi connectivity index (χ0n) is 16.4. The van der Waals surface area contributed by atoms with Gasteiger partial charge in [-0.3, -0.25) is 9.59 Å². The maximum Gasteiger partial charge on any atom is 0.243 e. The van der Waals surface area contributed by atoms with Crippen molar-refractivity contribution >= 4 is 17.5 Å². The highest BCUT2D eigenvalue weighted by Gasteiger charge is 2.16. The SMILES string of the molecule is CC(=O)N(CCc1ccccc1F)CC(=O)Nc1ccc(C(C)(C)C)cc1. The van der Waals surface area contributed by atoms with Crippen molar-refractivity contribution in [2.24, 2.45) is 0 Å². The Balaban J connectivity index is 1.94. The predicted octanol–water partition coefficient (Wildman–Crippen LogP) is 4.15. The standard InChI is InChI=1S/C22H27FN2O2/c1-16(26)25(14-13-17-7-5-6-8-20(17)23)15-21(27)24-19-11-9-18(10-12-19)22(2,3)4/h5-12H,13-15H2,1-4H3,(H,24,27). The molecule has 0 aromatic heterocycles. The second kappa shape index (κ2) is 8.80. The van der Waals surface area contributed by atoms with Gasteiger partial charge in [-0.05, 0) is 41.2 Å². The molecule has 0 saturated heterocycles. The van der Waals surface area contributed by atoms with E-state index in [1.54, 1.807) is 18.2 Å². The third kappa shape index (κ3) is 6.20. The highest BCUT2D eigenvalue weighted by atomic mass is 19.1. The van der Waals surface area contributed by atoms with Crippen LogP contribution < -0.4 is 5.32 Å². The van der Waals surface area contributed by atoms with Gasteiger partial charge in [0.25, 0.3) is 0 Å². The average molecular weight is 370 g/mol. The molecule has 0 aliphatic carbocycles. The quantitative estimate of drug-likeness (QED) is 0.830. The molecule has 144 valence electrons. The molecule has 0 atom stereocenters. The third-order valence-electron chi connectivity index (χ3n) is 4.42. The van der Waals surface area contributed by atoms with Gasteiger partial charge in [0.2, 0.25) is 11.8 Å². The Kier molecular flexibility index (Phi) is 6.72. The first-order valence-electron chi connectivity index (χ1n) is 9.06. The van der Waals surface area contributed by atoms with E-state index in [0.29, 0.717) is 17.7 Å². The van der Waals surface area contributed by atoms with Gasteiger partial charge in [0.1, 0.15) is 5.82 Å². The summed E-state index contributed by atoms with van der Waals surface area (Å²) in [5, 5.41) is 2.81. The lowest BCUT2D eigenvalue weighted by Crippen LogP contribution is -2.38. The number of amides is 2. The first-order chi connectivity index (χ1) is 12.7. The van der Waals surface area contributed by atoms with E-state index >= 15 is 0 Å². The summed E-state index contributed by atoms with van der Waals surface area (Å²) in [4.78, 5) is 25.6. The van der Waals surface area contributed by atoms with Gasteiger partial charge in [-0.1, -0.05) is 51.1 Å². The number of carbonyl (C=O) groups is 2. The Morgan fingerprint density at radius 2 is 1.67 bits per heavy atom. The van der Waals surface area contributed by atoms with Crippen molar-refractivity contribution in [3.8, 4) is 0 Å². The second-order valence-corrected chi connectivity index (χ2v) is 7.66. The van der Waals surface area contributed by atoms with Crippen LogP contribution in [-0.2, 0) is 21.4 Å². The molecule has 0 aliphatic heterocycles. The summed E-state index contributed by atoms with van der Waals surface area (Å²) in [6.45, 7) is 8.01. The zero-order valence-corrected chi connectivity index (χ0v) is 16.4. The molecule has 0 radical (unpaired) electrons. The molecule has 2 amide bonds. The summed E-state index contributed by atoms with van der Waals surface area (Å²) < 4.78 is 13.7. The molecule has 5 heteroatoms. The molecule has 0 bridgehead atoms. The van der Waals surface area contributed by atoms with E-state index in [-0.39, 0.29) is 36.1 Å². The molecule has 2 rings (SSSR count). The number of anilines is 1. The van der Waals surface area contributed by atoms with Crippen LogP contribution >= 0.6 is 0 Å². The molecule has 0 saturated carbocycles. The monoisotopic (exact) mass is 370 g/mol. The minimum Gasteiger partial charge on any atom is -0.333 e. The molecule has 1 N–H and O–H groups in total. The highest BCUT2D eigenvalue weighted by molar-refractivity contribution is 5.94. The summed E-state index contributed by atoms with van der Waals surface area (Å²) in [6.07, 6.45) is 0.361. The van der Waals surface area contributed by atoms with E-state index in [1.165, 1.54) is 23.5 Å². The molecule has 0 fully saturated rings. The predicted molar refractivity (Wildman–Crippen MR) is 106 cm³/mol. The van der Waals surface area contributed by atoms with Crippen molar-refractivity contribution < 1.29 is 14.0 Å². The number of nitrogens with one attached hydrogen (secondary N) is 1. The van der Waals surface area contributed by atoms with Crippen molar-refractivity contribution in [1.82, 2.24) is 4.90 Å². The molecule has 4 nitrogen and oxygen atoms in total. The van der Waals surface area contributed by atoms with Gasteiger partial charge in [0, 0.05) is 19.2 Å². The van der Waals surface area contributed by atoms with E-state index in [0.717, 1.165) is 0 Å². The van der Waals surface area contributed by atoms with Crippen LogP contribution in [0.25, 0.3) is 0 Å². The first-order valence-corrected chi connectivity index (χ1v) is 9.06. The Hall–Kier alpha value is -2.69. The lowest BCUT2D eigenvalue weighted by molar-refractivity contribution is -0.132. The van der Waals surface area contributed by atoms with Crippen LogP contribution in [0.15, 0.2) is 48.5 Å². The fraction of sp³-hybridized carbons (Fsp3) is 0.364. The Labute approximate surface area is 160 Å². The minimum absolute atomic E-state index is 0.0423. The van der Waals surface area contributed by atoms with Gasteiger partial charge in [0.05, 0.1) is 6.54 Å². The number of rotatable bonds is 6. The van der Waals surface area contributed by atoms with Gasteiger partial charge in [-0.2, -0.15) is 0 Å². The lowest BCUT2D eigenvalue weighted by Gasteiger charge is -2.21. The van der Waals surface area contributed by atoms with Crippen molar-refractivity contribution in [2.45, 2.75) is 39.5 Å². The van der Waals surface area contributed by atoms with Gasteiger partial charge >= 0.3 is 0 Å². The van der Waals surface area contributed by atoms with E-state index in [2.05, 4.69) is 26.1 Å². The number of carbonyl (C=O) groups excluding carboxylic acids is 2. The number of hydrogen-bond acceptors (Lipinski definition) is 2. The van der Waals surface area contributed by atoms with Gasteiger partial charge < -0.3 is 10.2 Å². The summed E-state index contributed by atoms with van der Waals surface area (Å²) >= 11 is 0. The van der Waals surface area contributed by atoms with Gasteiger partial charge in [0.15, 0.2) is 0 Å². The molecular weight excluding hydrogens is 343 g/mol. The molecule has 27 heavy (non-hydrogen) atoms. The summed E-state index contributed by atoms with van der Waals surface area (Å²) in [6, 6.07) is 14.1. The van der Waals surface area contributed by atoms with E-state index in [4.69, 9.17) is 0 Å². The molecule has 2 aromatic rings. The Morgan fingerprint density at radius 3 is 2.22 bits per heavy atom. The van der Waals surface area contributed by atoms with Crippen LogP contribution in [0.2, 0.25) is 0 Å². The number of benzene rings is 2. The molecule has 2 aromatic carbocycles. The Morgan fingerprint density at radius 1 is 1.04 bits per heavy atom. The van der Waals surface area contributed by atoms with Gasteiger partial charge in [-0.15, -0.1) is 0 Å². The second-order valence-electron chi connectivity index (χ2n) is 7.66. The fourth-order valence-corrected chi connectivity index (χ4v) is 2.73. The third-order valence-corrected chi connectivity index (χ3v) is 4.42. The lowest BCUT2D eigenvalue weighted by atomic mass is 9.87. The minimum atomic E-state index is -0.301. The normalized spacial score (nSPS) is 11.1. The van der Waals surface area contributed by atoms with Crippen LogP contribution in [-0.4, -0.2) is 29.8 Å². The van der Waals surface area contributed by atoms with Crippen LogP contribution in [0, 0.1) is 5.82 Å². The largest absolute Gasteiger partial charge is 0.333 e. The molecule has 0 unspecified atom stereocenters. The summed E-state index contributed by atoms with van der Waals surface area (Å²) in [7, 11) is 0. The summed E-state index contributed by atoms with van der Waals surface area (Å²) in [5.74, 6) is -0.795. The van der Waals surface area contributed by atoms with E-state index < -0.39 is 0 Å². The number of nitrogens with zero attached hydrogens (tertiary/aromatic N) is 1. The zero-order chi connectivity index (χ0) is 20.0. The fourth-order valence-electron chi connectivity index (χ4n) is 2.73. The van der Waals surface area contributed by atoms with Crippen molar-refractivity contribution in [3.05, 3.63) is 65.5 Å². The molecule has 0 spiro atoms. The van der Waals surface area contributed by atoms with Crippen LogP contribution in [0.1, 0.15) is 38.8 Å². The maximum absolute atomic E-state index is 13.7. The van der Waals surface area contributed by atoms with Crippen molar-refractivity contribution in [2.75, 3.05) is 18.4 Å². The molecule has 0 aliphatic rings. The van der Waals surface area contributed by atoms with Crippen LogP contribution in [0.4, 0.5) is 10.1 Å². The maximum atomic E-state index is 13.7. The van der Waals surface area contributed by atoms with Crippen molar-refractivity contribution in [1.29, 1.82) is 0 Å². The molecular formula is C22H27FN2O2. The Bertz CT molecular complexity index is 795. The smallest absolute Gasteiger partial charge is 0.243 e. The number of halogens is 1. The average Bonchev–Trinajstić information content (AvgIpc) is 2.59. The van der Waals surface area contributed by atoms with E-state index in [9.17, 15) is 14.0 Å². The van der Waals surface area contributed by atoms with Crippen molar-refractivity contribution in [3.63, 3.8) is 0 Å². The van der Waals surface area contributed by atoms with Crippen LogP contribution in [0.5, 0.6) is 0 Å².